The van der Waals surface area contributed by atoms with Gasteiger partial charge in [-0.3, -0.25) is 4.79 Å². The molecule has 0 saturated heterocycles. The first kappa shape index (κ1) is 15.7. The summed E-state index contributed by atoms with van der Waals surface area (Å²) in [5.74, 6) is -0.884. The van der Waals surface area contributed by atoms with Gasteiger partial charge in [0.05, 0.1) is 10.6 Å². The van der Waals surface area contributed by atoms with E-state index in [1.54, 1.807) is 43.3 Å². The second-order valence-corrected chi connectivity index (χ2v) is 5.27. The molecule has 0 radical (unpaired) electrons. The van der Waals surface area contributed by atoms with Crippen LogP contribution in [0, 0.1) is 0 Å². The van der Waals surface area contributed by atoms with E-state index in [-0.39, 0.29) is 5.91 Å². The SMILES string of the molecule is CC(=NNC(=O)c1cccs1)c1cccc(OCC(=O)O)c1. The fraction of sp³-hybridized carbons (Fsp3) is 0.133. The first-order chi connectivity index (χ1) is 10.6. The van der Waals surface area contributed by atoms with Gasteiger partial charge in [-0.15, -0.1) is 11.3 Å². The summed E-state index contributed by atoms with van der Waals surface area (Å²) < 4.78 is 5.10. The van der Waals surface area contributed by atoms with Crippen molar-refractivity contribution >= 4 is 28.9 Å². The molecule has 0 aliphatic carbocycles. The summed E-state index contributed by atoms with van der Waals surface area (Å²) in [6.45, 7) is 1.33. The molecule has 0 spiro atoms. The Morgan fingerprint density at radius 2 is 2.14 bits per heavy atom. The van der Waals surface area contributed by atoms with Crippen LogP contribution < -0.4 is 10.2 Å². The molecule has 0 aliphatic heterocycles. The number of amides is 1. The van der Waals surface area contributed by atoms with Gasteiger partial charge in [0.2, 0.25) is 0 Å². The number of thiophene rings is 1. The van der Waals surface area contributed by atoms with Crippen LogP contribution >= 0.6 is 11.3 Å². The molecule has 22 heavy (non-hydrogen) atoms. The molecule has 1 aromatic heterocycles. The number of hydrogen-bond acceptors (Lipinski definition) is 5. The average molecular weight is 318 g/mol. The highest BCUT2D eigenvalue weighted by atomic mass is 32.1. The first-order valence-corrected chi connectivity index (χ1v) is 7.27. The molecule has 7 heteroatoms. The monoisotopic (exact) mass is 318 g/mol. The Bertz CT molecular complexity index is 695. The first-order valence-electron chi connectivity index (χ1n) is 6.39. The van der Waals surface area contributed by atoms with Crippen LogP contribution in [0.15, 0.2) is 46.9 Å². The van der Waals surface area contributed by atoms with Gasteiger partial charge >= 0.3 is 5.97 Å². The number of carboxylic acids is 1. The Morgan fingerprint density at radius 1 is 1.32 bits per heavy atom. The molecule has 1 aromatic carbocycles. The Kier molecular flexibility index (Phi) is 5.26. The number of carbonyl (C=O) groups excluding carboxylic acids is 1. The number of hydrazone groups is 1. The lowest BCUT2D eigenvalue weighted by Gasteiger charge is -2.06. The molecule has 1 heterocycles. The molecule has 2 rings (SSSR count). The van der Waals surface area contributed by atoms with Gasteiger partial charge in [-0.05, 0) is 30.5 Å². The lowest BCUT2D eigenvalue weighted by molar-refractivity contribution is -0.139. The van der Waals surface area contributed by atoms with Crippen molar-refractivity contribution in [2.24, 2.45) is 5.10 Å². The Morgan fingerprint density at radius 3 is 2.82 bits per heavy atom. The van der Waals surface area contributed by atoms with E-state index in [1.807, 2.05) is 5.38 Å². The van der Waals surface area contributed by atoms with Gasteiger partial charge < -0.3 is 9.84 Å². The molecular formula is C15H14N2O4S. The van der Waals surface area contributed by atoms with Crippen LogP contribution in [0.3, 0.4) is 0 Å². The second-order valence-electron chi connectivity index (χ2n) is 4.33. The van der Waals surface area contributed by atoms with Gasteiger partial charge in [0, 0.05) is 5.56 Å². The molecule has 0 atom stereocenters. The molecular weight excluding hydrogens is 304 g/mol. The number of rotatable bonds is 6. The largest absolute Gasteiger partial charge is 0.482 e. The van der Waals surface area contributed by atoms with Gasteiger partial charge in [0.25, 0.3) is 5.91 Å². The number of benzene rings is 1. The predicted octanol–water partition coefficient (Wildman–Crippen LogP) is 2.37. The van der Waals surface area contributed by atoms with E-state index in [2.05, 4.69) is 10.5 Å². The molecule has 0 unspecified atom stereocenters. The Balaban J connectivity index is 2.03. The number of ether oxygens (including phenoxy) is 1. The van der Waals surface area contributed by atoms with Crippen LogP contribution in [0.25, 0.3) is 0 Å². The summed E-state index contributed by atoms with van der Waals surface area (Å²) in [5.41, 5.74) is 3.80. The van der Waals surface area contributed by atoms with E-state index >= 15 is 0 Å². The molecule has 0 bridgehead atoms. The molecule has 6 nitrogen and oxygen atoms in total. The van der Waals surface area contributed by atoms with Crippen molar-refractivity contribution in [3.63, 3.8) is 0 Å². The summed E-state index contributed by atoms with van der Waals surface area (Å²) in [5, 5.41) is 14.4. The molecule has 0 saturated carbocycles. The number of nitrogens with one attached hydrogen (secondary N) is 1. The van der Waals surface area contributed by atoms with E-state index < -0.39 is 12.6 Å². The van der Waals surface area contributed by atoms with Gasteiger partial charge in [0.15, 0.2) is 6.61 Å². The van der Waals surface area contributed by atoms with Crippen molar-refractivity contribution in [3.8, 4) is 5.75 Å². The topological polar surface area (TPSA) is 88.0 Å². The third kappa shape index (κ3) is 4.42. The molecule has 2 aromatic rings. The molecule has 114 valence electrons. The summed E-state index contributed by atoms with van der Waals surface area (Å²) in [7, 11) is 0. The highest BCUT2D eigenvalue weighted by Gasteiger charge is 2.06. The van der Waals surface area contributed by atoms with Gasteiger partial charge in [-0.2, -0.15) is 5.10 Å². The minimum absolute atomic E-state index is 0.271. The fourth-order valence-electron chi connectivity index (χ4n) is 1.62. The van der Waals surface area contributed by atoms with Crippen LogP contribution in [-0.2, 0) is 4.79 Å². The van der Waals surface area contributed by atoms with Crippen LogP contribution in [0.5, 0.6) is 5.75 Å². The summed E-state index contributed by atoms with van der Waals surface area (Å²) >= 11 is 1.33. The maximum Gasteiger partial charge on any atom is 0.341 e. The predicted molar refractivity (Wildman–Crippen MR) is 83.6 cm³/mol. The maximum absolute atomic E-state index is 11.8. The standard InChI is InChI=1S/C15H14N2O4S/c1-10(16-17-15(20)13-6-3-7-22-13)11-4-2-5-12(8-11)21-9-14(18)19/h2-8H,9H2,1H3,(H,17,20)(H,18,19). The van der Waals surface area contributed by atoms with Gasteiger partial charge in [-0.25, -0.2) is 10.2 Å². The van der Waals surface area contributed by atoms with E-state index in [9.17, 15) is 9.59 Å². The number of aliphatic carboxylic acids is 1. The minimum atomic E-state index is -1.04. The van der Waals surface area contributed by atoms with Crippen molar-refractivity contribution < 1.29 is 19.4 Å². The minimum Gasteiger partial charge on any atom is -0.482 e. The number of carboxylic acid groups (broad SMARTS) is 1. The maximum atomic E-state index is 11.8. The number of nitrogens with zero attached hydrogens (tertiary/aromatic N) is 1. The normalized spacial score (nSPS) is 11.0. The van der Waals surface area contributed by atoms with Crippen LogP contribution in [0.1, 0.15) is 22.2 Å². The summed E-state index contributed by atoms with van der Waals surface area (Å²) in [6, 6.07) is 10.4. The average Bonchev–Trinajstić information content (AvgIpc) is 3.05. The van der Waals surface area contributed by atoms with Crippen LogP contribution in [0.4, 0.5) is 0 Å². The second kappa shape index (κ2) is 7.37. The fourth-order valence-corrected chi connectivity index (χ4v) is 2.23. The molecule has 1 amide bonds. The Labute approximate surface area is 131 Å². The zero-order valence-corrected chi connectivity index (χ0v) is 12.6. The van der Waals surface area contributed by atoms with Crippen molar-refractivity contribution in [2.75, 3.05) is 6.61 Å². The Hall–Kier alpha value is -2.67. The zero-order valence-electron chi connectivity index (χ0n) is 11.8. The van der Waals surface area contributed by atoms with Crippen LogP contribution in [-0.4, -0.2) is 29.3 Å². The van der Waals surface area contributed by atoms with Gasteiger partial charge in [-0.1, -0.05) is 18.2 Å². The van der Waals surface area contributed by atoms with Crippen molar-refractivity contribution in [2.45, 2.75) is 6.92 Å². The summed E-state index contributed by atoms with van der Waals surface area (Å²) in [6.07, 6.45) is 0. The van der Waals surface area contributed by atoms with Crippen LogP contribution in [0.2, 0.25) is 0 Å². The van der Waals surface area contributed by atoms with E-state index in [4.69, 9.17) is 9.84 Å². The highest BCUT2D eigenvalue weighted by molar-refractivity contribution is 7.12. The third-order valence-electron chi connectivity index (χ3n) is 2.68. The zero-order chi connectivity index (χ0) is 15.9. The van der Waals surface area contributed by atoms with Crippen molar-refractivity contribution in [1.82, 2.24) is 5.43 Å². The van der Waals surface area contributed by atoms with E-state index in [0.717, 1.165) is 5.56 Å². The quantitative estimate of drug-likeness (QED) is 0.632. The third-order valence-corrected chi connectivity index (χ3v) is 3.55. The van der Waals surface area contributed by atoms with E-state index in [1.165, 1.54) is 11.3 Å². The lowest BCUT2D eigenvalue weighted by atomic mass is 10.1. The van der Waals surface area contributed by atoms with Crippen molar-refractivity contribution in [3.05, 3.63) is 52.2 Å². The van der Waals surface area contributed by atoms with E-state index in [0.29, 0.717) is 16.3 Å². The van der Waals surface area contributed by atoms with Crippen molar-refractivity contribution in [1.29, 1.82) is 0 Å². The molecule has 2 N–H and O–H groups in total. The summed E-state index contributed by atoms with van der Waals surface area (Å²) in [4.78, 5) is 22.9. The molecule has 0 fully saturated rings. The smallest absolute Gasteiger partial charge is 0.341 e. The number of carbonyl (C=O) groups is 2. The molecule has 0 aliphatic rings. The lowest BCUT2D eigenvalue weighted by Crippen LogP contribution is -2.18. The highest BCUT2D eigenvalue weighted by Crippen LogP contribution is 2.14. The number of hydrogen-bond donors (Lipinski definition) is 2. The van der Waals surface area contributed by atoms with Gasteiger partial charge in [0.1, 0.15) is 5.75 Å².